The molecule has 13 heteroatoms. The number of hydrogen-bond acceptors (Lipinski definition) is 7. The van der Waals surface area contributed by atoms with E-state index in [2.05, 4.69) is 46.2 Å². The molecule has 3 aromatic heterocycles. The Bertz CT molecular complexity index is 1560. The molecule has 0 spiro atoms. The van der Waals surface area contributed by atoms with Gasteiger partial charge in [0.15, 0.2) is 5.76 Å². The number of amides is 1. The lowest BCUT2D eigenvalue weighted by atomic mass is 9.92. The highest BCUT2D eigenvalue weighted by atomic mass is 35.5. The second-order valence-electron chi connectivity index (χ2n) is 11.9. The molecule has 0 bridgehead atoms. The van der Waals surface area contributed by atoms with Gasteiger partial charge in [-0.25, -0.2) is 18.1 Å². The maximum atomic E-state index is 14.4. The highest BCUT2D eigenvalue weighted by Crippen LogP contribution is 2.32. The van der Waals surface area contributed by atoms with E-state index in [1.165, 1.54) is 0 Å². The number of piperazine rings is 1. The first-order valence-electron chi connectivity index (χ1n) is 13.9. The van der Waals surface area contributed by atoms with E-state index in [1.807, 2.05) is 26.1 Å². The van der Waals surface area contributed by atoms with Crippen LogP contribution < -0.4 is 0 Å². The predicted molar refractivity (Wildman–Crippen MR) is 153 cm³/mol. The number of carbonyl (C=O) groups is 1. The lowest BCUT2D eigenvalue weighted by molar-refractivity contribution is 0.0258. The average molecular weight is 601 g/mol. The Morgan fingerprint density at radius 1 is 1.14 bits per heavy atom. The zero-order valence-corrected chi connectivity index (χ0v) is 25.3. The summed E-state index contributed by atoms with van der Waals surface area (Å²) < 4.78 is 37.1. The Morgan fingerprint density at radius 2 is 1.83 bits per heavy atom. The van der Waals surface area contributed by atoms with E-state index in [0.29, 0.717) is 37.6 Å². The molecule has 1 saturated heterocycles. The van der Waals surface area contributed by atoms with Crippen LogP contribution in [0.4, 0.5) is 8.78 Å². The first kappa shape index (κ1) is 29.8. The lowest BCUT2D eigenvalue weighted by Gasteiger charge is -2.44. The fourth-order valence-electron chi connectivity index (χ4n) is 5.39. The van der Waals surface area contributed by atoms with E-state index in [1.54, 1.807) is 40.8 Å². The molecule has 1 aliphatic heterocycles. The minimum atomic E-state index is -2.92. The van der Waals surface area contributed by atoms with E-state index < -0.39 is 18.0 Å². The van der Waals surface area contributed by atoms with Crippen molar-refractivity contribution in [3.05, 3.63) is 75.7 Å². The second kappa shape index (κ2) is 11.6. The maximum Gasteiger partial charge on any atom is 0.281 e. The van der Waals surface area contributed by atoms with Crippen LogP contribution in [0.1, 0.15) is 79.9 Å². The lowest BCUT2D eigenvalue weighted by Crippen LogP contribution is -2.57. The monoisotopic (exact) mass is 600 g/mol. The van der Waals surface area contributed by atoms with E-state index in [4.69, 9.17) is 16.1 Å². The van der Waals surface area contributed by atoms with Crippen LogP contribution in [-0.2, 0) is 18.5 Å². The molecule has 5 rings (SSSR count). The Kier molecular flexibility index (Phi) is 8.21. The van der Waals surface area contributed by atoms with E-state index in [9.17, 15) is 13.6 Å². The zero-order valence-electron chi connectivity index (χ0n) is 24.6. The fourth-order valence-corrected chi connectivity index (χ4v) is 5.60. The summed E-state index contributed by atoms with van der Waals surface area (Å²) in [5, 5.41) is 17.3. The molecule has 224 valence electrons. The van der Waals surface area contributed by atoms with Crippen molar-refractivity contribution in [2.24, 2.45) is 0 Å². The van der Waals surface area contributed by atoms with E-state index >= 15 is 0 Å². The minimum Gasteiger partial charge on any atom is -0.359 e. The highest BCUT2D eigenvalue weighted by molar-refractivity contribution is 6.32. The topological polar surface area (TPSA) is 98.1 Å². The van der Waals surface area contributed by atoms with Gasteiger partial charge >= 0.3 is 0 Å². The number of benzene rings is 1. The number of para-hydroxylation sites is 1. The number of rotatable bonds is 7. The van der Waals surface area contributed by atoms with E-state index in [0.717, 1.165) is 16.1 Å². The number of halogens is 3. The van der Waals surface area contributed by atoms with Crippen LogP contribution in [0.2, 0.25) is 5.02 Å². The van der Waals surface area contributed by atoms with Crippen molar-refractivity contribution in [1.82, 2.24) is 39.7 Å². The van der Waals surface area contributed by atoms with Crippen molar-refractivity contribution in [3.8, 4) is 5.69 Å². The molecule has 0 aliphatic carbocycles. The van der Waals surface area contributed by atoms with Gasteiger partial charge in [-0.05, 0) is 32.9 Å². The summed E-state index contributed by atoms with van der Waals surface area (Å²) in [6.07, 6.45) is -1.05. The number of hydrogen-bond donors (Lipinski definition) is 0. The third kappa shape index (κ3) is 5.96. The smallest absolute Gasteiger partial charge is 0.281 e. The van der Waals surface area contributed by atoms with Crippen molar-refractivity contribution in [2.75, 3.05) is 13.1 Å². The average Bonchev–Trinajstić information content (AvgIpc) is 3.65. The standard InChI is InChI=1S/C29H35ClF2N8O2/c1-17-12-37(28(41)25-19(3)34-40(26(25)27(31)32)23-10-8-7-9-22(23)30)13-18(2)39(17)15-20-14-38(36-33-20)16-21-11-24(35-42-21)29(4,5)6/h7-11,14,17-18,27H,12-13,15-16H2,1-6H3/t17-,18+. The van der Waals surface area contributed by atoms with Crippen LogP contribution in [0.5, 0.6) is 0 Å². The summed E-state index contributed by atoms with van der Waals surface area (Å²) in [7, 11) is 0. The Hall–Kier alpha value is -3.64. The largest absolute Gasteiger partial charge is 0.359 e. The minimum absolute atomic E-state index is 0.0552. The molecule has 1 amide bonds. The van der Waals surface area contributed by atoms with Gasteiger partial charge in [0.1, 0.15) is 12.2 Å². The number of nitrogens with zero attached hydrogens (tertiary/aromatic N) is 8. The van der Waals surface area contributed by atoms with Gasteiger partial charge in [-0.1, -0.05) is 54.9 Å². The van der Waals surface area contributed by atoms with Crippen molar-refractivity contribution in [2.45, 2.75) is 78.6 Å². The first-order chi connectivity index (χ1) is 19.8. The molecule has 4 aromatic rings. The highest BCUT2D eigenvalue weighted by Gasteiger charge is 2.37. The molecule has 4 heterocycles. The molecule has 0 unspecified atom stereocenters. The van der Waals surface area contributed by atoms with Gasteiger partial charge in [-0.15, -0.1) is 5.10 Å². The van der Waals surface area contributed by atoms with Gasteiger partial charge in [-0.3, -0.25) is 9.69 Å². The fraction of sp³-hybridized carbons (Fsp3) is 0.483. The Balaban J connectivity index is 1.29. The van der Waals surface area contributed by atoms with Crippen LogP contribution >= 0.6 is 11.6 Å². The molecule has 1 fully saturated rings. The molecule has 10 nitrogen and oxygen atoms in total. The van der Waals surface area contributed by atoms with Crippen molar-refractivity contribution in [3.63, 3.8) is 0 Å². The van der Waals surface area contributed by atoms with Crippen LogP contribution in [0.15, 0.2) is 41.1 Å². The van der Waals surface area contributed by atoms with Crippen LogP contribution in [0, 0.1) is 6.92 Å². The van der Waals surface area contributed by atoms with Gasteiger partial charge in [0.05, 0.1) is 39.6 Å². The molecule has 2 atom stereocenters. The third-order valence-corrected chi connectivity index (χ3v) is 7.88. The van der Waals surface area contributed by atoms with Crippen molar-refractivity contribution < 1.29 is 18.1 Å². The third-order valence-electron chi connectivity index (χ3n) is 7.56. The maximum absolute atomic E-state index is 14.4. The van der Waals surface area contributed by atoms with Crippen LogP contribution in [-0.4, -0.2) is 70.8 Å². The summed E-state index contributed by atoms with van der Waals surface area (Å²) in [5.74, 6) is 0.230. The number of alkyl halides is 2. The van der Waals surface area contributed by atoms with Crippen molar-refractivity contribution in [1.29, 1.82) is 0 Å². The van der Waals surface area contributed by atoms with Gasteiger partial charge in [0.25, 0.3) is 12.3 Å². The molecule has 1 aliphatic rings. The summed E-state index contributed by atoms with van der Waals surface area (Å²) in [6.45, 7) is 13.5. The summed E-state index contributed by atoms with van der Waals surface area (Å²) >= 11 is 6.28. The molecular formula is C29H35ClF2N8O2. The van der Waals surface area contributed by atoms with Gasteiger partial charge in [0, 0.05) is 43.2 Å². The first-order valence-corrected chi connectivity index (χ1v) is 14.2. The van der Waals surface area contributed by atoms with Gasteiger partial charge in [-0.2, -0.15) is 5.10 Å². The van der Waals surface area contributed by atoms with Gasteiger partial charge < -0.3 is 9.42 Å². The summed E-state index contributed by atoms with van der Waals surface area (Å²) in [5.41, 5.74) is 1.54. The molecule has 42 heavy (non-hydrogen) atoms. The quantitative estimate of drug-likeness (QED) is 0.279. The second-order valence-corrected chi connectivity index (χ2v) is 12.3. The SMILES string of the molecule is Cc1nn(-c2ccccc2Cl)c(C(F)F)c1C(=O)N1C[C@@H](C)N(Cc2cn(Cc3cc(C(C)(C)C)no3)nn2)[C@@H](C)C1. The van der Waals surface area contributed by atoms with E-state index in [-0.39, 0.29) is 33.8 Å². The van der Waals surface area contributed by atoms with Crippen LogP contribution in [0.25, 0.3) is 5.69 Å². The Morgan fingerprint density at radius 3 is 2.45 bits per heavy atom. The molecule has 1 aromatic carbocycles. The summed E-state index contributed by atoms with van der Waals surface area (Å²) in [6, 6.07) is 8.42. The Labute approximate surface area is 248 Å². The number of carbonyl (C=O) groups excluding carboxylic acids is 1. The molecule has 0 radical (unpaired) electrons. The molecule has 0 N–H and O–H groups in total. The summed E-state index contributed by atoms with van der Waals surface area (Å²) in [4.78, 5) is 17.6. The normalized spacial score (nSPS) is 18.3. The van der Waals surface area contributed by atoms with Crippen LogP contribution in [0.3, 0.4) is 0 Å². The number of aryl methyl sites for hydroxylation is 1. The molecule has 0 saturated carbocycles. The zero-order chi connectivity index (χ0) is 30.3. The molecular weight excluding hydrogens is 566 g/mol. The van der Waals surface area contributed by atoms with Gasteiger partial charge in [0.2, 0.25) is 0 Å². The predicted octanol–water partition coefficient (Wildman–Crippen LogP) is 5.43. The van der Waals surface area contributed by atoms with Crippen molar-refractivity contribution >= 4 is 17.5 Å². The number of aromatic nitrogens is 6.